The van der Waals surface area contributed by atoms with Crippen LogP contribution in [-0.4, -0.2) is 10.9 Å². The van der Waals surface area contributed by atoms with Crippen molar-refractivity contribution in [2.45, 2.75) is 77.6 Å². The van der Waals surface area contributed by atoms with Crippen molar-refractivity contribution in [3.8, 4) is 0 Å². The maximum atomic E-state index is 11.3. The molecule has 0 aromatic carbocycles. The number of hydrogen-bond donors (Lipinski definition) is 1. The van der Waals surface area contributed by atoms with Crippen LogP contribution in [0.5, 0.6) is 0 Å². The van der Waals surface area contributed by atoms with Crippen molar-refractivity contribution < 1.29 is 9.90 Å². The minimum absolute atomic E-state index is 0.167. The maximum Gasteiger partial charge on any atom is 0.135 e. The van der Waals surface area contributed by atoms with Gasteiger partial charge in [0, 0.05) is 12.8 Å². The fourth-order valence-corrected chi connectivity index (χ4v) is 1.93. The lowest BCUT2D eigenvalue weighted by Crippen LogP contribution is -2.02. The Morgan fingerprint density at radius 2 is 1.41 bits per heavy atom. The van der Waals surface area contributed by atoms with Gasteiger partial charge in [0.1, 0.15) is 5.78 Å². The van der Waals surface area contributed by atoms with Gasteiger partial charge in [0.2, 0.25) is 0 Å². The predicted molar refractivity (Wildman–Crippen MR) is 72.0 cm³/mol. The summed E-state index contributed by atoms with van der Waals surface area (Å²) in [6.07, 6.45) is 12.0. The molecular weight excluding hydrogens is 212 g/mol. The quantitative estimate of drug-likeness (QED) is 0.506. The lowest BCUT2D eigenvalue weighted by Gasteiger charge is -2.03. The van der Waals surface area contributed by atoms with Crippen LogP contribution in [0.4, 0.5) is 0 Å². The number of rotatable bonds is 12. The second kappa shape index (κ2) is 12.1. The number of unbranched alkanes of at least 4 members (excludes halogenated alkanes) is 8. The Morgan fingerprint density at radius 1 is 0.941 bits per heavy atom. The summed E-state index contributed by atoms with van der Waals surface area (Å²) in [5.41, 5.74) is 0. The molecule has 0 bridgehead atoms. The number of aliphatic hydroxyl groups excluding tert-OH is 1. The minimum atomic E-state index is 0.167. The highest BCUT2D eigenvalue weighted by atomic mass is 16.3. The zero-order valence-electron chi connectivity index (χ0n) is 11.3. The molecule has 2 radical (unpaired) electrons. The van der Waals surface area contributed by atoms with Crippen LogP contribution in [0.2, 0.25) is 0 Å². The Morgan fingerprint density at radius 3 is 1.88 bits per heavy atom. The van der Waals surface area contributed by atoms with Crippen LogP contribution in [0.1, 0.15) is 77.6 Å². The number of aliphatic hydroxyl groups is 1. The van der Waals surface area contributed by atoms with Crippen LogP contribution >= 0.6 is 0 Å². The van der Waals surface area contributed by atoms with E-state index in [0.29, 0.717) is 6.42 Å². The Hall–Kier alpha value is -0.370. The second-order valence-corrected chi connectivity index (χ2v) is 4.88. The van der Waals surface area contributed by atoms with Crippen LogP contribution < -0.4 is 0 Å². The topological polar surface area (TPSA) is 37.3 Å². The zero-order valence-corrected chi connectivity index (χ0v) is 11.3. The van der Waals surface area contributed by atoms with E-state index in [9.17, 15) is 4.79 Å². The maximum absolute atomic E-state index is 11.3. The average molecular weight is 240 g/mol. The van der Waals surface area contributed by atoms with E-state index in [1.54, 1.807) is 6.92 Å². The molecule has 0 aliphatic heterocycles. The van der Waals surface area contributed by atoms with Crippen molar-refractivity contribution in [3.63, 3.8) is 0 Å². The van der Waals surface area contributed by atoms with Gasteiger partial charge >= 0.3 is 0 Å². The Bertz CT molecular complexity index is 176. The summed E-state index contributed by atoms with van der Waals surface area (Å²) in [6, 6.07) is 0. The summed E-state index contributed by atoms with van der Waals surface area (Å²) in [6.45, 7) is 5.42. The molecule has 0 amide bonds. The minimum Gasteiger partial charge on any atom is -0.387 e. The highest BCUT2D eigenvalue weighted by molar-refractivity contribution is 5.79. The molecule has 100 valence electrons. The van der Waals surface area contributed by atoms with Gasteiger partial charge in [0.05, 0.1) is 6.10 Å². The first-order chi connectivity index (χ1) is 8.16. The van der Waals surface area contributed by atoms with Gasteiger partial charge in [-0.1, -0.05) is 58.3 Å². The van der Waals surface area contributed by atoms with Gasteiger partial charge in [0.15, 0.2) is 0 Å². The molecule has 0 aromatic rings. The van der Waals surface area contributed by atoms with Gasteiger partial charge in [-0.05, 0) is 13.3 Å². The summed E-state index contributed by atoms with van der Waals surface area (Å²) in [7, 11) is 0. The van der Waals surface area contributed by atoms with Crippen LogP contribution in [0.25, 0.3) is 0 Å². The van der Waals surface area contributed by atoms with Crippen LogP contribution in [0.15, 0.2) is 0 Å². The largest absolute Gasteiger partial charge is 0.387 e. The highest BCUT2D eigenvalue weighted by Crippen LogP contribution is 2.11. The third kappa shape index (κ3) is 13.6. The number of Topliss-reactive ketones (excluding diaryl/α,β-unsaturated/α-hetero) is 1. The molecule has 1 N–H and O–H groups in total. The van der Waals surface area contributed by atoms with Gasteiger partial charge in [-0.3, -0.25) is 4.79 Å². The van der Waals surface area contributed by atoms with E-state index in [1.165, 1.54) is 38.5 Å². The molecule has 0 rings (SSSR count). The molecule has 2 nitrogen and oxygen atoms in total. The van der Waals surface area contributed by atoms with E-state index in [1.807, 2.05) is 0 Å². The number of ketones is 1. The van der Waals surface area contributed by atoms with E-state index in [2.05, 4.69) is 6.92 Å². The molecule has 0 unspecified atom stereocenters. The van der Waals surface area contributed by atoms with Crippen molar-refractivity contribution in [1.29, 1.82) is 0 Å². The molecule has 0 saturated carbocycles. The molecule has 0 aliphatic rings. The van der Waals surface area contributed by atoms with Gasteiger partial charge in [-0.15, -0.1) is 0 Å². The standard InChI is InChI=1S/C15H28O2/c1-3-4-5-6-7-8-9-10-11-12-15(17)13-14(2)16/h16H,1,3-13H2,2H3. The smallest absolute Gasteiger partial charge is 0.135 e. The molecule has 2 heteroatoms. The van der Waals surface area contributed by atoms with Crippen molar-refractivity contribution in [2.24, 2.45) is 0 Å². The second-order valence-electron chi connectivity index (χ2n) is 4.88. The normalized spacial score (nSPS) is 11.1. The first-order valence-corrected chi connectivity index (χ1v) is 6.99. The van der Waals surface area contributed by atoms with E-state index < -0.39 is 0 Å². The summed E-state index contributed by atoms with van der Waals surface area (Å²) in [5, 5.41) is 8.96. The van der Waals surface area contributed by atoms with Gasteiger partial charge in [-0.2, -0.15) is 0 Å². The number of hydrogen-bond acceptors (Lipinski definition) is 2. The van der Waals surface area contributed by atoms with E-state index in [4.69, 9.17) is 5.11 Å². The molecule has 0 spiro atoms. The zero-order chi connectivity index (χ0) is 12.9. The Kier molecular flexibility index (Phi) is 11.8. The van der Waals surface area contributed by atoms with Crippen molar-refractivity contribution in [2.75, 3.05) is 0 Å². The Balaban J connectivity index is 3.10. The molecule has 0 saturated heterocycles. The van der Waals surface area contributed by atoms with Crippen LogP contribution in [-0.2, 0) is 4.79 Å². The summed E-state index contributed by atoms with van der Waals surface area (Å²) >= 11 is 0. The van der Waals surface area contributed by atoms with Gasteiger partial charge < -0.3 is 5.11 Å². The third-order valence-corrected chi connectivity index (χ3v) is 2.91. The first-order valence-electron chi connectivity index (χ1n) is 6.99. The lowest BCUT2D eigenvalue weighted by molar-refractivity contribution is -0.119. The number of carbonyl (C=O) groups excluding carboxylic acids is 1. The van der Waals surface area contributed by atoms with Crippen LogP contribution in [0, 0.1) is 13.0 Å². The molecule has 0 atom stereocenters. The SMILES string of the molecule is [CH2]CCCCCCCCCCC(=O)C[C](C)O. The summed E-state index contributed by atoms with van der Waals surface area (Å²) in [5.74, 6) is 0.167. The summed E-state index contributed by atoms with van der Waals surface area (Å²) in [4.78, 5) is 11.3. The van der Waals surface area contributed by atoms with Gasteiger partial charge in [-0.25, -0.2) is 0 Å². The number of carbonyl (C=O) groups is 1. The van der Waals surface area contributed by atoms with E-state index in [-0.39, 0.29) is 18.3 Å². The molecule has 0 heterocycles. The molecular formula is C15H28O2. The highest BCUT2D eigenvalue weighted by Gasteiger charge is 2.06. The lowest BCUT2D eigenvalue weighted by atomic mass is 10.0. The van der Waals surface area contributed by atoms with Gasteiger partial charge in [0.25, 0.3) is 0 Å². The first kappa shape index (κ1) is 16.6. The molecule has 17 heavy (non-hydrogen) atoms. The third-order valence-electron chi connectivity index (χ3n) is 2.91. The van der Waals surface area contributed by atoms with Crippen molar-refractivity contribution >= 4 is 5.78 Å². The molecule has 0 aromatic heterocycles. The van der Waals surface area contributed by atoms with Crippen molar-refractivity contribution in [3.05, 3.63) is 13.0 Å². The fourth-order valence-electron chi connectivity index (χ4n) is 1.93. The monoisotopic (exact) mass is 240 g/mol. The Labute approximate surface area is 107 Å². The van der Waals surface area contributed by atoms with E-state index >= 15 is 0 Å². The predicted octanol–water partition coefficient (Wildman–Crippen LogP) is 4.61. The molecule has 0 fully saturated rings. The van der Waals surface area contributed by atoms with Crippen molar-refractivity contribution in [1.82, 2.24) is 0 Å². The van der Waals surface area contributed by atoms with Crippen LogP contribution in [0.3, 0.4) is 0 Å². The van der Waals surface area contributed by atoms with E-state index in [0.717, 1.165) is 19.3 Å². The average Bonchev–Trinajstić information content (AvgIpc) is 2.26. The summed E-state index contributed by atoms with van der Waals surface area (Å²) < 4.78 is 0. The fraction of sp³-hybridized carbons (Fsp3) is 0.800. The molecule has 0 aliphatic carbocycles.